The number of aromatic nitrogens is 2. The van der Waals surface area contributed by atoms with E-state index in [-0.39, 0.29) is 12.4 Å². The Morgan fingerprint density at radius 2 is 2.00 bits per heavy atom. The van der Waals surface area contributed by atoms with Crippen molar-refractivity contribution in [2.45, 2.75) is 26.3 Å². The van der Waals surface area contributed by atoms with Crippen molar-refractivity contribution in [2.24, 2.45) is 5.41 Å². The lowest BCUT2D eigenvalue weighted by Crippen LogP contribution is -2.29. The predicted octanol–water partition coefficient (Wildman–Crippen LogP) is 4.05. The monoisotopic (exact) mass is 398 g/mol. The van der Waals surface area contributed by atoms with Crippen LogP contribution in [0, 0.1) is 12.3 Å². The van der Waals surface area contributed by atoms with Crippen molar-refractivity contribution in [3.63, 3.8) is 0 Å². The van der Waals surface area contributed by atoms with E-state index in [0.29, 0.717) is 5.41 Å². The fourth-order valence-corrected chi connectivity index (χ4v) is 4.56. The van der Waals surface area contributed by atoms with Gasteiger partial charge in [0.05, 0.1) is 5.69 Å². The van der Waals surface area contributed by atoms with Crippen LogP contribution >= 0.6 is 12.4 Å². The fourth-order valence-electron chi connectivity index (χ4n) is 4.56. The van der Waals surface area contributed by atoms with Gasteiger partial charge in [-0.15, -0.1) is 12.4 Å². The zero-order valence-corrected chi connectivity index (χ0v) is 17.0. The van der Waals surface area contributed by atoms with Gasteiger partial charge in [0.25, 0.3) is 0 Å². The quantitative estimate of drug-likeness (QED) is 0.720. The molecule has 6 heteroatoms. The highest BCUT2D eigenvalue weighted by Gasteiger charge is 2.40. The maximum atomic E-state index is 5.91. The molecule has 2 aromatic heterocycles. The smallest absolute Gasteiger partial charge is 0.154 e. The average molecular weight is 399 g/mol. The van der Waals surface area contributed by atoms with Gasteiger partial charge in [-0.1, -0.05) is 18.2 Å². The molecule has 2 fully saturated rings. The van der Waals surface area contributed by atoms with Gasteiger partial charge in [-0.3, -0.25) is 4.90 Å². The summed E-state index contributed by atoms with van der Waals surface area (Å²) in [6.07, 6.45) is 4.76. The van der Waals surface area contributed by atoms with Crippen molar-refractivity contribution in [2.75, 3.05) is 26.2 Å². The SMILES string of the molecule is Cc1ccc(-c2nn(-c3ccccc3)cc2CN2CCC3(CCNC3)C2)o1.Cl. The minimum atomic E-state index is 0. The summed E-state index contributed by atoms with van der Waals surface area (Å²) in [6, 6.07) is 14.3. The van der Waals surface area contributed by atoms with Gasteiger partial charge in [0.15, 0.2) is 5.76 Å². The fraction of sp³-hybridized carbons (Fsp3) is 0.409. The van der Waals surface area contributed by atoms with Crippen molar-refractivity contribution in [3.05, 3.63) is 60.0 Å². The maximum absolute atomic E-state index is 5.91. The van der Waals surface area contributed by atoms with Gasteiger partial charge in [-0.25, -0.2) is 4.68 Å². The minimum Gasteiger partial charge on any atom is -0.460 e. The first-order valence-electron chi connectivity index (χ1n) is 9.85. The molecule has 1 spiro atoms. The summed E-state index contributed by atoms with van der Waals surface area (Å²) in [5.74, 6) is 1.77. The minimum absolute atomic E-state index is 0. The van der Waals surface area contributed by atoms with Crippen molar-refractivity contribution in [3.8, 4) is 17.1 Å². The summed E-state index contributed by atoms with van der Waals surface area (Å²) in [5, 5.41) is 8.43. The third-order valence-corrected chi connectivity index (χ3v) is 6.03. The molecule has 148 valence electrons. The average Bonchev–Trinajstić information content (AvgIpc) is 3.46. The molecule has 3 aromatic rings. The molecule has 1 atom stereocenters. The van der Waals surface area contributed by atoms with Gasteiger partial charge in [0.2, 0.25) is 0 Å². The number of likely N-dealkylation sites (tertiary alicyclic amines) is 1. The summed E-state index contributed by atoms with van der Waals surface area (Å²) >= 11 is 0. The largest absolute Gasteiger partial charge is 0.460 e. The van der Waals surface area contributed by atoms with Crippen LogP contribution < -0.4 is 5.32 Å². The van der Waals surface area contributed by atoms with Crippen LogP contribution in [-0.4, -0.2) is 40.9 Å². The standard InChI is InChI=1S/C22H26N4O.ClH/c1-17-7-8-20(27-17)21-18(14-26(24-21)19-5-3-2-4-6-19)13-25-12-10-22(16-25)9-11-23-15-22;/h2-8,14,23H,9-13,15-16H2,1H3;1H. The van der Waals surface area contributed by atoms with E-state index in [1.807, 2.05) is 41.9 Å². The summed E-state index contributed by atoms with van der Waals surface area (Å²) in [7, 11) is 0. The Morgan fingerprint density at radius 3 is 2.71 bits per heavy atom. The Hall–Kier alpha value is -2.08. The molecule has 2 saturated heterocycles. The van der Waals surface area contributed by atoms with Gasteiger partial charge in [-0.05, 0) is 62.5 Å². The Labute approximate surface area is 172 Å². The van der Waals surface area contributed by atoms with E-state index in [1.54, 1.807) is 0 Å². The number of furan rings is 1. The third kappa shape index (κ3) is 3.62. The molecular formula is C22H27ClN4O. The van der Waals surface area contributed by atoms with E-state index >= 15 is 0 Å². The van der Waals surface area contributed by atoms with E-state index in [4.69, 9.17) is 9.52 Å². The summed E-state index contributed by atoms with van der Waals surface area (Å²) in [4.78, 5) is 2.58. The van der Waals surface area contributed by atoms with Gasteiger partial charge >= 0.3 is 0 Å². The van der Waals surface area contributed by atoms with E-state index in [1.165, 1.54) is 24.9 Å². The number of aryl methyl sites for hydroxylation is 1. The van der Waals surface area contributed by atoms with Crippen LogP contribution in [0.1, 0.15) is 24.2 Å². The van der Waals surface area contributed by atoms with Gasteiger partial charge in [0, 0.05) is 31.4 Å². The molecule has 5 nitrogen and oxygen atoms in total. The Balaban J connectivity index is 0.00000192. The number of benzene rings is 1. The number of rotatable bonds is 4. The summed E-state index contributed by atoms with van der Waals surface area (Å²) in [6.45, 7) is 7.56. The maximum Gasteiger partial charge on any atom is 0.154 e. The highest BCUT2D eigenvalue weighted by molar-refractivity contribution is 5.85. The zero-order valence-electron chi connectivity index (χ0n) is 16.2. The van der Waals surface area contributed by atoms with E-state index in [2.05, 4.69) is 28.5 Å². The van der Waals surface area contributed by atoms with Gasteiger partial charge < -0.3 is 9.73 Å². The Morgan fingerprint density at radius 1 is 1.14 bits per heavy atom. The molecule has 1 aromatic carbocycles. The Bertz CT molecular complexity index is 927. The molecule has 28 heavy (non-hydrogen) atoms. The van der Waals surface area contributed by atoms with Crippen LogP contribution in [0.3, 0.4) is 0 Å². The van der Waals surface area contributed by atoms with Crippen LogP contribution in [0.25, 0.3) is 17.1 Å². The van der Waals surface area contributed by atoms with E-state index in [0.717, 1.165) is 49.1 Å². The molecule has 4 heterocycles. The second kappa shape index (κ2) is 7.74. The number of hydrogen-bond acceptors (Lipinski definition) is 4. The normalized spacial score (nSPS) is 22.0. The van der Waals surface area contributed by atoms with Crippen LogP contribution in [-0.2, 0) is 6.54 Å². The van der Waals surface area contributed by atoms with Crippen molar-refractivity contribution >= 4 is 12.4 Å². The highest BCUT2D eigenvalue weighted by Crippen LogP contribution is 2.37. The lowest BCUT2D eigenvalue weighted by molar-refractivity contribution is 0.269. The number of hydrogen-bond donors (Lipinski definition) is 1. The summed E-state index contributed by atoms with van der Waals surface area (Å²) < 4.78 is 7.89. The zero-order chi connectivity index (χ0) is 18.3. The van der Waals surface area contributed by atoms with E-state index in [9.17, 15) is 0 Å². The third-order valence-electron chi connectivity index (χ3n) is 6.03. The van der Waals surface area contributed by atoms with Gasteiger partial charge in [0.1, 0.15) is 11.5 Å². The van der Waals surface area contributed by atoms with Gasteiger partial charge in [-0.2, -0.15) is 5.10 Å². The first kappa shape index (κ1) is 19.2. The Kier molecular flexibility index (Phi) is 5.32. The second-order valence-corrected chi connectivity index (χ2v) is 8.08. The topological polar surface area (TPSA) is 46.2 Å². The number of halogens is 1. The van der Waals surface area contributed by atoms with E-state index < -0.39 is 0 Å². The van der Waals surface area contributed by atoms with Crippen LogP contribution in [0.4, 0.5) is 0 Å². The first-order valence-corrected chi connectivity index (χ1v) is 9.85. The molecule has 1 unspecified atom stereocenters. The van der Waals surface area contributed by atoms with Crippen LogP contribution in [0.15, 0.2) is 53.1 Å². The lowest BCUT2D eigenvalue weighted by Gasteiger charge is -2.22. The number of nitrogens with zero attached hydrogens (tertiary/aromatic N) is 3. The summed E-state index contributed by atoms with van der Waals surface area (Å²) in [5.41, 5.74) is 3.75. The molecule has 5 rings (SSSR count). The molecular weight excluding hydrogens is 372 g/mol. The number of para-hydroxylation sites is 1. The van der Waals surface area contributed by atoms with Crippen molar-refractivity contribution < 1.29 is 4.42 Å². The van der Waals surface area contributed by atoms with Crippen molar-refractivity contribution in [1.82, 2.24) is 20.0 Å². The number of nitrogens with one attached hydrogen (secondary N) is 1. The van der Waals surface area contributed by atoms with Crippen LogP contribution in [0.2, 0.25) is 0 Å². The van der Waals surface area contributed by atoms with Crippen molar-refractivity contribution in [1.29, 1.82) is 0 Å². The molecule has 0 saturated carbocycles. The first-order chi connectivity index (χ1) is 13.2. The molecule has 0 bridgehead atoms. The molecule has 2 aliphatic heterocycles. The molecule has 1 N–H and O–H groups in total. The molecule has 0 amide bonds. The lowest BCUT2D eigenvalue weighted by atomic mass is 9.86. The molecule has 0 radical (unpaired) electrons. The highest BCUT2D eigenvalue weighted by atomic mass is 35.5. The molecule has 2 aliphatic rings. The predicted molar refractivity (Wildman–Crippen MR) is 113 cm³/mol. The second-order valence-electron chi connectivity index (χ2n) is 8.08. The van der Waals surface area contributed by atoms with Crippen LogP contribution in [0.5, 0.6) is 0 Å². The molecule has 0 aliphatic carbocycles.